The van der Waals surface area contributed by atoms with Gasteiger partial charge in [-0.2, -0.15) is 4.31 Å². The Bertz CT molecular complexity index is 1130. The molecule has 34 heavy (non-hydrogen) atoms. The van der Waals surface area contributed by atoms with Crippen molar-refractivity contribution in [2.75, 3.05) is 43.1 Å². The van der Waals surface area contributed by atoms with Crippen LogP contribution in [-0.4, -0.2) is 57.4 Å². The topological polar surface area (TPSA) is 96.0 Å². The molecule has 182 valence electrons. The standard InChI is InChI=1S/C25H31N3O5S/c1-2-3-5-19-8-10-22(11-9-19)28-18-20(16-24(28)29)25(30)26-21-6-4-7-23(17-21)34(31,32)27-12-14-33-15-13-27/h4,6-11,17,20H,2-3,5,12-16,18H2,1H3,(H,26,30). The third kappa shape index (κ3) is 5.48. The first-order valence-corrected chi connectivity index (χ1v) is 13.2. The van der Waals surface area contributed by atoms with Crippen LogP contribution in [0.1, 0.15) is 31.7 Å². The van der Waals surface area contributed by atoms with Gasteiger partial charge in [0.25, 0.3) is 0 Å². The number of carbonyl (C=O) groups excluding carboxylic acids is 2. The predicted molar refractivity (Wildman–Crippen MR) is 130 cm³/mol. The minimum Gasteiger partial charge on any atom is -0.379 e. The number of nitrogens with one attached hydrogen (secondary N) is 1. The molecule has 0 radical (unpaired) electrons. The molecule has 2 heterocycles. The van der Waals surface area contributed by atoms with E-state index in [2.05, 4.69) is 12.2 Å². The summed E-state index contributed by atoms with van der Waals surface area (Å²) in [5, 5.41) is 2.80. The quantitative estimate of drug-likeness (QED) is 0.620. The third-order valence-electron chi connectivity index (χ3n) is 6.27. The molecular formula is C25H31N3O5S. The molecule has 1 atom stereocenters. The van der Waals surface area contributed by atoms with Crippen molar-refractivity contribution in [1.82, 2.24) is 4.31 Å². The number of unbranched alkanes of at least 4 members (excludes halogenated alkanes) is 1. The number of benzene rings is 2. The number of ether oxygens (including phenoxy) is 1. The van der Waals surface area contributed by atoms with Crippen LogP contribution in [0.5, 0.6) is 0 Å². The monoisotopic (exact) mass is 485 g/mol. The second kappa shape index (κ2) is 10.7. The van der Waals surface area contributed by atoms with Gasteiger partial charge in [0.15, 0.2) is 0 Å². The van der Waals surface area contributed by atoms with E-state index in [4.69, 9.17) is 4.74 Å². The molecule has 2 saturated heterocycles. The molecule has 9 heteroatoms. The molecule has 2 aromatic rings. The molecule has 2 amide bonds. The van der Waals surface area contributed by atoms with Gasteiger partial charge in [0, 0.05) is 37.4 Å². The van der Waals surface area contributed by atoms with Crippen LogP contribution in [0, 0.1) is 5.92 Å². The van der Waals surface area contributed by atoms with Gasteiger partial charge in [-0.05, 0) is 48.7 Å². The molecule has 2 aliphatic heterocycles. The summed E-state index contributed by atoms with van der Waals surface area (Å²) in [4.78, 5) is 27.3. The maximum atomic E-state index is 12.9. The normalized spacial score (nSPS) is 19.4. The number of carbonyl (C=O) groups is 2. The Hall–Kier alpha value is -2.75. The Morgan fingerprint density at radius 2 is 1.85 bits per heavy atom. The summed E-state index contributed by atoms with van der Waals surface area (Å²) in [7, 11) is -3.66. The highest BCUT2D eigenvalue weighted by molar-refractivity contribution is 7.89. The fourth-order valence-corrected chi connectivity index (χ4v) is 5.73. The van der Waals surface area contributed by atoms with Gasteiger partial charge in [-0.25, -0.2) is 8.42 Å². The van der Waals surface area contributed by atoms with Crippen molar-refractivity contribution in [2.45, 2.75) is 37.5 Å². The summed E-state index contributed by atoms with van der Waals surface area (Å²) in [5.74, 6) is -0.895. The van der Waals surface area contributed by atoms with Crippen molar-refractivity contribution in [2.24, 2.45) is 5.92 Å². The molecule has 1 N–H and O–H groups in total. The molecule has 0 saturated carbocycles. The Morgan fingerprint density at radius 1 is 1.12 bits per heavy atom. The van der Waals surface area contributed by atoms with E-state index < -0.39 is 15.9 Å². The summed E-state index contributed by atoms with van der Waals surface area (Å²) in [6, 6.07) is 14.2. The second-order valence-electron chi connectivity index (χ2n) is 8.71. The number of nitrogens with zero attached hydrogens (tertiary/aromatic N) is 2. The number of hydrogen-bond donors (Lipinski definition) is 1. The van der Waals surface area contributed by atoms with Gasteiger partial charge in [-0.1, -0.05) is 31.5 Å². The summed E-state index contributed by atoms with van der Waals surface area (Å²) in [6.07, 6.45) is 3.38. The number of anilines is 2. The van der Waals surface area contributed by atoms with E-state index in [1.807, 2.05) is 24.3 Å². The van der Waals surface area contributed by atoms with Gasteiger partial charge >= 0.3 is 0 Å². The maximum Gasteiger partial charge on any atom is 0.243 e. The van der Waals surface area contributed by atoms with E-state index in [1.165, 1.54) is 22.0 Å². The molecule has 1 unspecified atom stereocenters. The van der Waals surface area contributed by atoms with Crippen LogP contribution in [-0.2, 0) is 30.8 Å². The number of rotatable bonds is 8. The average molecular weight is 486 g/mol. The summed E-state index contributed by atoms with van der Waals surface area (Å²) in [5.41, 5.74) is 2.42. The Morgan fingerprint density at radius 3 is 2.56 bits per heavy atom. The lowest BCUT2D eigenvalue weighted by Gasteiger charge is -2.26. The highest BCUT2D eigenvalue weighted by Crippen LogP contribution is 2.27. The average Bonchev–Trinajstić information content (AvgIpc) is 3.25. The molecule has 8 nitrogen and oxygen atoms in total. The minimum absolute atomic E-state index is 0.0925. The molecular weight excluding hydrogens is 454 g/mol. The number of amides is 2. The molecule has 2 aromatic carbocycles. The molecule has 4 rings (SSSR count). The zero-order valence-electron chi connectivity index (χ0n) is 19.4. The van der Waals surface area contributed by atoms with Crippen molar-refractivity contribution in [3.05, 3.63) is 54.1 Å². The van der Waals surface area contributed by atoms with Gasteiger partial charge in [0.1, 0.15) is 0 Å². The van der Waals surface area contributed by atoms with E-state index in [9.17, 15) is 18.0 Å². The predicted octanol–water partition coefficient (Wildman–Crippen LogP) is 3.04. The summed E-state index contributed by atoms with van der Waals surface area (Å²) in [6.45, 7) is 3.79. The van der Waals surface area contributed by atoms with Crippen LogP contribution in [0.4, 0.5) is 11.4 Å². The zero-order chi connectivity index (χ0) is 24.1. The lowest BCUT2D eigenvalue weighted by molar-refractivity contribution is -0.122. The van der Waals surface area contributed by atoms with E-state index in [0.717, 1.165) is 24.9 Å². The third-order valence-corrected chi connectivity index (χ3v) is 8.17. The first-order chi connectivity index (χ1) is 16.4. The van der Waals surface area contributed by atoms with E-state index in [-0.39, 0.29) is 23.1 Å². The Labute approximate surface area is 200 Å². The molecule has 0 bridgehead atoms. The van der Waals surface area contributed by atoms with E-state index in [0.29, 0.717) is 38.5 Å². The summed E-state index contributed by atoms with van der Waals surface area (Å²) < 4.78 is 32.5. The Balaban J connectivity index is 1.40. The molecule has 2 fully saturated rings. The van der Waals surface area contributed by atoms with Crippen molar-refractivity contribution in [1.29, 1.82) is 0 Å². The lowest BCUT2D eigenvalue weighted by atomic mass is 10.1. The zero-order valence-corrected chi connectivity index (χ0v) is 20.2. The maximum absolute atomic E-state index is 12.9. The number of morpholine rings is 1. The van der Waals surface area contributed by atoms with Gasteiger partial charge < -0.3 is 15.0 Å². The van der Waals surface area contributed by atoms with E-state index in [1.54, 1.807) is 17.0 Å². The van der Waals surface area contributed by atoms with Crippen molar-refractivity contribution in [3.8, 4) is 0 Å². The van der Waals surface area contributed by atoms with Crippen LogP contribution in [0.15, 0.2) is 53.4 Å². The first-order valence-electron chi connectivity index (χ1n) is 11.8. The highest BCUT2D eigenvalue weighted by Gasteiger charge is 2.35. The molecule has 0 aromatic heterocycles. The van der Waals surface area contributed by atoms with Crippen LogP contribution < -0.4 is 10.2 Å². The Kier molecular flexibility index (Phi) is 7.65. The smallest absolute Gasteiger partial charge is 0.243 e. The highest BCUT2D eigenvalue weighted by atomic mass is 32.2. The summed E-state index contributed by atoms with van der Waals surface area (Å²) >= 11 is 0. The van der Waals surface area contributed by atoms with Crippen LogP contribution in [0.25, 0.3) is 0 Å². The SMILES string of the molecule is CCCCc1ccc(N2CC(C(=O)Nc3cccc(S(=O)(=O)N4CCOCC4)c3)CC2=O)cc1. The molecule has 0 spiro atoms. The van der Waals surface area contributed by atoms with Crippen molar-refractivity contribution in [3.63, 3.8) is 0 Å². The fraction of sp³-hybridized carbons (Fsp3) is 0.440. The van der Waals surface area contributed by atoms with Gasteiger partial charge in [0.2, 0.25) is 21.8 Å². The van der Waals surface area contributed by atoms with Crippen molar-refractivity contribution < 1.29 is 22.7 Å². The number of hydrogen-bond acceptors (Lipinski definition) is 5. The van der Waals surface area contributed by atoms with Gasteiger partial charge in [0.05, 0.1) is 24.0 Å². The first kappa shape index (κ1) is 24.4. The molecule has 0 aliphatic carbocycles. The van der Waals surface area contributed by atoms with E-state index >= 15 is 0 Å². The fourth-order valence-electron chi connectivity index (χ4n) is 4.27. The van der Waals surface area contributed by atoms with Gasteiger partial charge in [-0.15, -0.1) is 0 Å². The van der Waals surface area contributed by atoms with Gasteiger partial charge in [-0.3, -0.25) is 9.59 Å². The minimum atomic E-state index is -3.66. The van der Waals surface area contributed by atoms with Crippen LogP contribution in [0.3, 0.4) is 0 Å². The number of aryl methyl sites for hydroxylation is 1. The van der Waals surface area contributed by atoms with Crippen molar-refractivity contribution >= 4 is 33.2 Å². The second-order valence-corrected chi connectivity index (χ2v) is 10.6. The number of sulfonamides is 1. The molecule has 2 aliphatic rings. The van der Waals surface area contributed by atoms with Crippen LogP contribution in [0.2, 0.25) is 0 Å². The lowest BCUT2D eigenvalue weighted by Crippen LogP contribution is -2.40. The van der Waals surface area contributed by atoms with Crippen LogP contribution >= 0.6 is 0 Å². The largest absolute Gasteiger partial charge is 0.379 e.